The molecule has 1 saturated heterocycles. The summed E-state index contributed by atoms with van der Waals surface area (Å²) in [6.07, 6.45) is -1.70. The predicted octanol–water partition coefficient (Wildman–Crippen LogP) is 4.49. The monoisotopic (exact) mass is 394 g/mol. The fourth-order valence-corrected chi connectivity index (χ4v) is 4.11. The van der Waals surface area contributed by atoms with Crippen LogP contribution in [0.15, 0.2) is 30.3 Å². The third kappa shape index (κ3) is 5.27. The molecule has 0 aromatic heterocycles. The van der Waals surface area contributed by atoms with Crippen molar-refractivity contribution in [2.75, 3.05) is 13.7 Å². The molecule has 1 aromatic rings. The van der Waals surface area contributed by atoms with E-state index in [0.29, 0.717) is 0 Å². The summed E-state index contributed by atoms with van der Waals surface area (Å²) in [7, 11) is -0.523. The average molecular weight is 395 g/mol. The highest BCUT2D eigenvalue weighted by molar-refractivity contribution is 6.74. The van der Waals surface area contributed by atoms with Gasteiger partial charge in [-0.15, -0.1) is 0 Å². The van der Waals surface area contributed by atoms with E-state index in [1.165, 1.54) is 0 Å². The molecule has 0 aliphatic carbocycles. The first kappa shape index (κ1) is 22.2. The zero-order valence-corrected chi connectivity index (χ0v) is 18.9. The number of carbonyl (C=O) groups is 1. The summed E-state index contributed by atoms with van der Waals surface area (Å²) in [5.41, 5.74) is 0.981. The molecule has 1 aliphatic heterocycles. The van der Waals surface area contributed by atoms with Gasteiger partial charge in [-0.3, -0.25) is 4.79 Å². The molecule has 27 heavy (non-hydrogen) atoms. The maximum absolute atomic E-state index is 12.6. The molecule has 0 spiro atoms. The summed E-state index contributed by atoms with van der Waals surface area (Å²) < 4.78 is 24.0. The Morgan fingerprint density at radius 1 is 1.19 bits per heavy atom. The van der Waals surface area contributed by atoms with Crippen molar-refractivity contribution < 1.29 is 23.4 Å². The number of methoxy groups -OCH3 is 1. The van der Waals surface area contributed by atoms with Crippen LogP contribution < -0.4 is 0 Å². The Morgan fingerprint density at radius 2 is 1.78 bits per heavy atom. The lowest BCUT2D eigenvalue weighted by Crippen LogP contribution is -2.55. The second-order valence-corrected chi connectivity index (χ2v) is 13.9. The summed E-state index contributed by atoms with van der Waals surface area (Å²) in [4.78, 5) is 12.6. The molecule has 0 bridgehead atoms. The van der Waals surface area contributed by atoms with Crippen LogP contribution in [-0.4, -0.2) is 45.8 Å². The largest absolute Gasteiger partial charge is 0.407 e. The molecule has 1 fully saturated rings. The maximum atomic E-state index is 12.6. The first-order valence-corrected chi connectivity index (χ1v) is 12.4. The molecule has 152 valence electrons. The molecular formula is C21H34O5Si. The van der Waals surface area contributed by atoms with Crippen LogP contribution in [0.4, 0.5) is 0 Å². The van der Waals surface area contributed by atoms with Crippen molar-refractivity contribution in [3.63, 3.8) is 0 Å². The molecule has 3 atom stereocenters. The zero-order chi connectivity index (χ0) is 20.5. The Bertz CT molecular complexity index is 636. The van der Waals surface area contributed by atoms with Crippen molar-refractivity contribution >= 4 is 14.1 Å². The second kappa shape index (κ2) is 8.13. The SMILES string of the molecule is CO[C@H]([C@@H]1OC(C)(C)OCC1=O)[C@H](O[Si](C)(C)C(C)(C)C)c1ccccc1. The van der Waals surface area contributed by atoms with Crippen LogP contribution in [-0.2, 0) is 23.4 Å². The molecule has 1 aliphatic rings. The number of hydrogen-bond acceptors (Lipinski definition) is 5. The third-order valence-corrected chi connectivity index (χ3v) is 9.97. The lowest BCUT2D eigenvalue weighted by molar-refractivity contribution is -0.278. The quantitative estimate of drug-likeness (QED) is 0.666. The van der Waals surface area contributed by atoms with E-state index in [0.717, 1.165) is 5.56 Å². The topological polar surface area (TPSA) is 54.0 Å². The van der Waals surface area contributed by atoms with Gasteiger partial charge in [0.25, 0.3) is 0 Å². The number of ether oxygens (including phenoxy) is 3. The Hall–Kier alpha value is -1.05. The van der Waals surface area contributed by atoms with E-state index in [1.807, 2.05) is 44.2 Å². The molecular weight excluding hydrogens is 360 g/mol. The summed E-state index contributed by atoms with van der Waals surface area (Å²) >= 11 is 0. The second-order valence-electron chi connectivity index (χ2n) is 9.10. The van der Waals surface area contributed by atoms with E-state index in [2.05, 4.69) is 33.9 Å². The molecule has 0 amide bonds. The van der Waals surface area contributed by atoms with Gasteiger partial charge in [-0.25, -0.2) is 0 Å². The Balaban J connectivity index is 2.43. The minimum absolute atomic E-state index is 0.0130. The van der Waals surface area contributed by atoms with Crippen molar-refractivity contribution in [2.45, 2.75) is 76.8 Å². The van der Waals surface area contributed by atoms with Crippen LogP contribution in [0.25, 0.3) is 0 Å². The Kier molecular flexibility index (Phi) is 6.70. The predicted molar refractivity (Wildman–Crippen MR) is 108 cm³/mol. The highest BCUT2D eigenvalue weighted by Gasteiger charge is 2.47. The summed E-state index contributed by atoms with van der Waals surface area (Å²) in [6.45, 7) is 14.6. The normalized spacial score (nSPS) is 23.1. The van der Waals surface area contributed by atoms with Gasteiger partial charge in [-0.2, -0.15) is 0 Å². The van der Waals surface area contributed by atoms with Gasteiger partial charge < -0.3 is 18.6 Å². The molecule has 1 heterocycles. The van der Waals surface area contributed by atoms with Gasteiger partial charge >= 0.3 is 0 Å². The van der Waals surface area contributed by atoms with E-state index in [4.69, 9.17) is 18.6 Å². The zero-order valence-electron chi connectivity index (χ0n) is 17.9. The highest BCUT2D eigenvalue weighted by Crippen LogP contribution is 2.42. The molecule has 6 heteroatoms. The van der Waals surface area contributed by atoms with Gasteiger partial charge in [-0.05, 0) is 37.5 Å². The highest BCUT2D eigenvalue weighted by atomic mass is 28.4. The fraction of sp³-hybridized carbons (Fsp3) is 0.667. The van der Waals surface area contributed by atoms with Gasteiger partial charge in [0.1, 0.15) is 12.7 Å². The van der Waals surface area contributed by atoms with Crippen LogP contribution in [0.5, 0.6) is 0 Å². The van der Waals surface area contributed by atoms with Crippen LogP contribution in [0, 0.1) is 0 Å². The Morgan fingerprint density at radius 3 is 2.30 bits per heavy atom. The van der Waals surface area contributed by atoms with Crippen molar-refractivity contribution in [1.29, 1.82) is 0 Å². The molecule has 0 N–H and O–H groups in total. The molecule has 2 rings (SSSR count). The maximum Gasteiger partial charge on any atom is 0.193 e. The van der Waals surface area contributed by atoms with Gasteiger partial charge in [0.05, 0.1) is 6.10 Å². The number of ketones is 1. The van der Waals surface area contributed by atoms with Crippen molar-refractivity contribution in [3.05, 3.63) is 35.9 Å². The smallest absolute Gasteiger partial charge is 0.193 e. The first-order chi connectivity index (χ1) is 12.4. The molecule has 5 nitrogen and oxygen atoms in total. The van der Waals surface area contributed by atoms with Crippen LogP contribution >= 0.6 is 0 Å². The number of carbonyl (C=O) groups excluding carboxylic acids is 1. The van der Waals surface area contributed by atoms with E-state index in [1.54, 1.807) is 7.11 Å². The lowest BCUT2D eigenvalue weighted by Gasteiger charge is -2.44. The summed E-state index contributed by atoms with van der Waals surface area (Å²) in [5, 5.41) is 0.0259. The van der Waals surface area contributed by atoms with E-state index in [9.17, 15) is 4.79 Å². The summed E-state index contributed by atoms with van der Waals surface area (Å²) in [6, 6.07) is 9.94. The van der Waals surface area contributed by atoms with Gasteiger partial charge in [0, 0.05) is 7.11 Å². The van der Waals surface area contributed by atoms with E-state index >= 15 is 0 Å². The molecule has 0 radical (unpaired) electrons. The third-order valence-electron chi connectivity index (χ3n) is 5.51. The van der Waals surface area contributed by atoms with Gasteiger partial charge in [0.15, 0.2) is 26.0 Å². The van der Waals surface area contributed by atoms with Crippen molar-refractivity contribution in [3.8, 4) is 0 Å². The van der Waals surface area contributed by atoms with Crippen molar-refractivity contribution in [2.24, 2.45) is 0 Å². The number of hydrogen-bond donors (Lipinski definition) is 0. The van der Waals surface area contributed by atoms with E-state index < -0.39 is 32.4 Å². The van der Waals surface area contributed by atoms with Gasteiger partial charge in [-0.1, -0.05) is 51.1 Å². The lowest BCUT2D eigenvalue weighted by atomic mass is 9.97. The molecule has 0 saturated carbocycles. The van der Waals surface area contributed by atoms with Crippen LogP contribution in [0.3, 0.4) is 0 Å². The number of Topliss-reactive ketones (excluding diaryl/α,β-unsaturated/α-hetero) is 1. The fourth-order valence-electron chi connectivity index (χ4n) is 2.85. The van der Waals surface area contributed by atoms with Crippen LogP contribution in [0.1, 0.15) is 46.3 Å². The first-order valence-electron chi connectivity index (χ1n) is 9.48. The molecule has 1 aromatic carbocycles. The number of rotatable bonds is 6. The standard InChI is InChI=1S/C21H34O5Si/c1-20(2,3)27(7,8)26-17(15-12-10-9-11-13-15)19(23-6)18-16(22)14-24-21(4,5)25-18/h9-13,17-19H,14H2,1-8H3/t17-,18-,19+/m1/s1. The molecule has 0 unspecified atom stereocenters. The minimum atomic E-state index is -2.13. The van der Waals surface area contributed by atoms with Gasteiger partial charge in [0.2, 0.25) is 0 Å². The summed E-state index contributed by atoms with van der Waals surface area (Å²) in [5.74, 6) is -0.964. The number of benzene rings is 1. The van der Waals surface area contributed by atoms with Crippen molar-refractivity contribution in [1.82, 2.24) is 0 Å². The van der Waals surface area contributed by atoms with Crippen LogP contribution in [0.2, 0.25) is 18.1 Å². The average Bonchev–Trinajstić information content (AvgIpc) is 2.57. The minimum Gasteiger partial charge on any atom is -0.407 e. The van der Waals surface area contributed by atoms with E-state index in [-0.39, 0.29) is 17.4 Å². The Labute approximate surface area is 164 Å².